The summed E-state index contributed by atoms with van der Waals surface area (Å²) in [6, 6.07) is 0. The van der Waals surface area contributed by atoms with E-state index in [4.69, 9.17) is 0 Å². The predicted molar refractivity (Wildman–Crippen MR) is 66.2 cm³/mol. The minimum Gasteiger partial charge on any atom is -0.481 e. The molecule has 0 spiro atoms. The summed E-state index contributed by atoms with van der Waals surface area (Å²) in [5, 5.41) is 9.45. The molecule has 1 unspecified atom stereocenters. The van der Waals surface area contributed by atoms with Crippen LogP contribution < -0.4 is 0 Å². The van der Waals surface area contributed by atoms with Crippen molar-refractivity contribution in [3.05, 3.63) is 23.8 Å². The van der Waals surface area contributed by atoms with E-state index < -0.39 is 11.4 Å². The molecule has 0 saturated carbocycles. The second kappa shape index (κ2) is 4.08. The molecule has 1 aliphatic carbocycles. The fourth-order valence-corrected chi connectivity index (χ4v) is 2.20. The molecule has 1 aliphatic rings. The van der Waals surface area contributed by atoms with Crippen LogP contribution in [-0.2, 0) is 4.79 Å². The van der Waals surface area contributed by atoms with Crippen molar-refractivity contribution in [3.8, 4) is 0 Å². The quantitative estimate of drug-likeness (QED) is 0.724. The Hall–Kier alpha value is -1.05. The first-order chi connectivity index (χ1) is 7.24. The smallest absolute Gasteiger partial charge is 0.310 e. The summed E-state index contributed by atoms with van der Waals surface area (Å²) in [6.45, 7) is 9.92. The van der Waals surface area contributed by atoms with Gasteiger partial charge in [0.25, 0.3) is 0 Å². The highest BCUT2D eigenvalue weighted by Gasteiger charge is 2.49. The van der Waals surface area contributed by atoms with Crippen molar-refractivity contribution in [1.82, 2.24) is 0 Å². The Labute approximate surface area is 98.1 Å². The minimum absolute atomic E-state index is 0.263. The summed E-state index contributed by atoms with van der Waals surface area (Å²) in [6.07, 6.45) is 6.96. The van der Waals surface area contributed by atoms with Crippen LogP contribution in [0.15, 0.2) is 23.8 Å². The van der Waals surface area contributed by atoms with Gasteiger partial charge in [-0.2, -0.15) is 0 Å². The average Bonchev–Trinajstić information content (AvgIpc) is 2.20. The van der Waals surface area contributed by atoms with Gasteiger partial charge in [0.1, 0.15) is 0 Å². The molecule has 2 atom stereocenters. The standard InChI is InChI=1S/C14H22O2/c1-6-10(2)11-7-8-13(3,4)14(5,9-11)12(15)16/h6-8,11H,9H2,1-5H3,(H,15,16)/b10-6+/t11?,14-/m0/s1. The Morgan fingerprint density at radius 2 is 2.00 bits per heavy atom. The topological polar surface area (TPSA) is 37.3 Å². The second-order valence-corrected chi connectivity index (χ2v) is 5.56. The van der Waals surface area contributed by atoms with Gasteiger partial charge in [-0.05, 0) is 38.5 Å². The number of hydrogen-bond acceptors (Lipinski definition) is 1. The summed E-state index contributed by atoms with van der Waals surface area (Å²) < 4.78 is 0. The Balaban J connectivity index is 3.13. The number of hydrogen-bond donors (Lipinski definition) is 1. The number of carbonyl (C=O) groups is 1. The molecule has 0 fully saturated rings. The molecular weight excluding hydrogens is 200 g/mol. The molecule has 0 aromatic rings. The van der Waals surface area contributed by atoms with Gasteiger partial charge in [0, 0.05) is 0 Å². The van der Waals surface area contributed by atoms with E-state index in [0.717, 1.165) is 0 Å². The Kier molecular flexibility index (Phi) is 3.32. The van der Waals surface area contributed by atoms with Crippen LogP contribution in [0.1, 0.15) is 41.0 Å². The van der Waals surface area contributed by atoms with Crippen molar-refractivity contribution in [2.75, 3.05) is 0 Å². The number of aliphatic carboxylic acids is 1. The van der Waals surface area contributed by atoms with E-state index in [9.17, 15) is 9.90 Å². The maximum Gasteiger partial charge on any atom is 0.310 e. The van der Waals surface area contributed by atoms with Crippen LogP contribution in [-0.4, -0.2) is 11.1 Å². The van der Waals surface area contributed by atoms with Gasteiger partial charge in [-0.3, -0.25) is 4.79 Å². The summed E-state index contributed by atoms with van der Waals surface area (Å²) in [5.74, 6) is -0.435. The number of carboxylic acids is 1. The molecule has 0 bridgehead atoms. The van der Waals surface area contributed by atoms with Crippen LogP contribution in [0.25, 0.3) is 0 Å². The summed E-state index contributed by atoms with van der Waals surface area (Å²) in [4.78, 5) is 11.5. The van der Waals surface area contributed by atoms with E-state index in [0.29, 0.717) is 6.42 Å². The maximum atomic E-state index is 11.5. The van der Waals surface area contributed by atoms with Crippen molar-refractivity contribution in [1.29, 1.82) is 0 Å². The molecule has 0 aromatic carbocycles. The van der Waals surface area contributed by atoms with Crippen LogP contribution in [0.5, 0.6) is 0 Å². The molecule has 0 radical (unpaired) electrons. The monoisotopic (exact) mass is 222 g/mol. The molecule has 2 nitrogen and oxygen atoms in total. The first kappa shape index (κ1) is 13.0. The normalized spacial score (nSPS) is 33.8. The minimum atomic E-state index is -0.698. The molecule has 0 aliphatic heterocycles. The lowest BCUT2D eigenvalue weighted by molar-refractivity contribution is -0.155. The summed E-state index contributed by atoms with van der Waals surface area (Å²) in [5.41, 5.74) is 0.277. The van der Waals surface area contributed by atoms with E-state index >= 15 is 0 Å². The molecule has 2 heteroatoms. The van der Waals surface area contributed by atoms with Crippen LogP contribution in [0.4, 0.5) is 0 Å². The zero-order valence-corrected chi connectivity index (χ0v) is 10.9. The first-order valence-corrected chi connectivity index (χ1v) is 5.80. The fraction of sp³-hybridized carbons (Fsp3) is 0.643. The molecule has 0 aromatic heterocycles. The van der Waals surface area contributed by atoms with Gasteiger partial charge in [-0.15, -0.1) is 0 Å². The van der Waals surface area contributed by atoms with Crippen LogP contribution in [0, 0.1) is 16.7 Å². The summed E-state index contributed by atoms with van der Waals surface area (Å²) in [7, 11) is 0. The number of allylic oxidation sites excluding steroid dienone is 4. The fourth-order valence-electron chi connectivity index (χ4n) is 2.20. The van der Waals surface area contributed by atoms with Crippen LogP contribution in [0.3, 0.4) is 0 Å². The van der Waals surface area contributed by atoms with Crippen molar-refractivity contribution < 1.29 is 9.90 Å². The van der Waals surface area contributed by atoms with E-state index in [-0.39, 0.29) is 11.3 Å². The molecule has 0 saturated heterocycles. The van der Waals surface area contributed by atoms with E-state index in [1.54, 1.807) is 0 Å². The lowest BCUT2D eigenvalue weighted by Crippen LogP contribution is -2.44. The molecule has 1 N–H and O–H groups in total. The number of rotatable bonds is 2. The highest BCUT2D eigenvalue weighted by molar-refractivity contribution is 5.76. The van der Waals surface area contributed by atoms with Crippen LogP contribution >= 0.6 is 0 Å². The molecule has 16 heavy (non-hydrogen) atoms. The van der Waals surface area contributed by atoms with Crippen molar-refractivity contribution >= 4 is 5.97 Å². The third-order valence-electron chi connectivity index (χ3n) is 4.31. The highest BCUT2D eigenvalue weighted by Crippen LogP contribution is 2.49. The summed E-state index contributed by atoms with van der Waals surface area (Å²) >= 11 is 0. The zero-order valence-electron chi connectivity index (χ0n) is 10.9. The predicted octanol–water partition coefficient (Wildman–Crippen LogP) is 3.65. The molecule has 1 rings (SSSR count). The van der Waals surface area contributed by atoms with E-state index in [1.807, 2.05) is 27.7 Å². The lowest BCUT2D eigenvalue weighted by Gasteiger charge is -2.44. The molecule has 0 heterocycles. The third-order valence-corrected chi connectivity index (χ3v) is 4.31. The Morgan fingerprint density at radius 3 is 2.44 bits per heavy atom. The van der Waals surface area contributed by atoms with Gasteiger partial charge in [0.05, 0.1) is 5.41 Å². The zero-order chi connectivity index (χ0) is 12.6. The van der Waals surface area contributed by atoms with Crippen LogP contribution in [0.2, 0.25) is 0 Å². The third kappa shape index (κ3) is 1.93. The Morgan fingerprint density at radius 1 is 1.44 bits per heavy atom. The van der Waals surface area contributed by atoms with Crippen molar-refractivity contribution in [2.24, 2.45) is 16.7 Å². The maximum absolute atomic E-state index is 11.5. The van der Waals surface area contributed by atoms with Crippen molar-refractivity contribution in [3.63, 3.8) is 0 Å². The van der Waals surface area contributed by atoms with Gasteiger partial charge in [-0.25, -0.2) is 0 Å². The second-order valence-electron chi connectivity index (χ2n) is 5.56. The molecular formula is C14H22O2. The van der Waals surface area contributed by atoms with Gasteiger partial charge >= 0.3 is 5.97 Å². The van der Waals surface area contributed by atoms with Gasteiger partial charge in [0.2, 0.25) is 0 Å². The van der Waals surface area contributed by atoms with Gasteiger partial charge in [0.15, 0.2) is 0 Å². The molecule has 0 amide bonds. The highest BCUT2D eigenvalue weighted by atomic mass is 16.4. The lowest BCUT2D eigenvalue weighted by atomic mass is 9.59. The largest absolute Gasteiger partial charge is 0.481 e. The molecule has 90 valence electrons. The van der Waals surface area contributed by atoms with E-state index in [1.165, 1.54) is 5.57 Å². The first-order valence-electron chi connectivity index (χ1n) is 5.80. The van der Waals surface area contributed by atoms with Crippen molar-refractivity contribution in [2.45, 2.75) is 41.0 Å². The SMILES string of the molecule is C/C=C(\C)C1C=CC(C)(C)[C@](C)(C(=O)O)C1. The Bertz CT molecular complexity index is 350. The van der Waals surface area contributed by atoms with E-state index in [2.05, 4.69) is 25.2 Å². The average molecular weight is 222 g/mol. The van der Waals surface area contributed by atoms with Gasteiger partial charge < -0.3 is 5.11 Å². The van der Waals surface area contributed by atoms with Gasteiger partial charge in [-0.1, -0.05) is 37.6 Å². The number of carboxylic acid groups (broad SMARTS) is 1.